The van der Waals surface area contributed by atoms with Gasteiger partial charge in [-0.2, -0.15) is 0 Å². The van der Waals surface area contributed by atoms with Crippen molar-refractivity contribution in [2.75, 3.05) is 0 Å². The lowest BCUT2D eigenvalue weighted by Crippen LogP contribution is -2.26. The van der Waals surface area contributed by atoms with Crippen molar-refractivity contribution in [3.8, 4) is 5.75 Å². The molecule has 1 heterocycles. The van der Waals surface area contributed by atoms with Crippen LogP contribution in [0.25, 0.3) is 10.9 Å². The van der Waals surface area contributed by atoms with Crippen molar-refractivity contribution >= 4 is 29.1 Å². The van der Waals surface area contributed by atoms with Gasteiger partial charge in [0.1, 0.15) is 5.75 Å². The molecule has 1 unspecified atom stereocenters. The van der Waals surface area contributed by atoms with E-state index in [2.05, 4.69) is 42.3 Å². The van der Waals surface area contributed by atoms with Gasteiger partial charge in [-0.3, -0.25) is 9.59 Å². The molecule has 0 saturated carbocycles. The first-order valence-electron chi connectivity index (χ1n) is 9.56. The standard InChI is InChI=1S/C21H23NO3.C2H3NO2/c1-4-18(21(23)24)25-19-12-8-11-17-20(19)14(2)15(3)22(17)13-16-9-6-5-7-10-16;3-2(5)1-4/h5-12,18H,4,13H2,1-3H3,(H,23,24);1H,(H2,3,5). The number of hydrogen-bond donors (Lipinski definition) is 2. The smallest absolute Gasteiger partial charge is 0.344 e. The fourth-order valence-electron chi connectivity index (χ4n) is 3.21. The lowest BCUT2D eigenvalue weighted by atomic mass is 10.1. The number of benzene rings is 2. The van der Waals surface area contributed by atoms with Crippen molar-refractivity contribution in [3.05, 3.63) is 65.4 Å². The van der Waals surface area contributed by atoms with E-state index in [0.717, 1.165) is 23.0 Å². The zero-order valence-corrected chi connectivity index (χ0v) is 17.3. The number of aldehydes is 1. The summed E-state index contributed by atoms with van der Waals surface area (Å²) in [7, 11) is 0. The van der Waals surface area contributed by atoms with E-state index in [4.69, 9.17) is 9.53 Å². The van der Waals surface area contributed by atoms with Crippen LogP contribution in [0.15, 0.2) is 48.5 Å². The lowest BCUT2D eigenvalue weighted by Gasteiger charge is -2.14. The number of hydrogen-bond acceptors (Lipinski definition) is 4. The van der Waals surface area contributed by atoms with Crippen LogP contribution in [0.4, 0.5) is 0 Å². The molecule has 1 atom stereocenters. The van der Waals surface area contributed by atoms with E-state index in [1.165, 1.54) is 11.3 Å². The number of fused-ring (bicyclic) bond motifs is 1. The van der Waals surface area contributed by atoms with E-state index >= 15 is 0 Å². The van der Waals surface area contributed by atoms with Gasteiger partial charge in [0.2, 0.25) is 6.29 Å². The van der Waals surface area contributed by atoms with Gasteiger partial charge < -0.3 is 20.1 Å². The Morgan fingerprint density at radius 2 is 1.77 bits per heavy atom. The first-order valence-corrected chi connectivity index (χ1v) is 9.56. The van der Waals surface area contributed by atoms with Gasteiger partial charge in [-0.1, -0.05) is 43.3 Å². The summed E-state index contributed by atoms with van der Waals surface area (Å²) in [6.07, 6.45) is -0.350. The average Bonchev–Trinajstić information content (AvgIpc) is 2.98. The normalized spacial score (nSPS) is 11.3. The van der Waals surface area contributed by atoms with Crippen LogP contribution < -0.4 is 10.5 Å². The van der Waals surface area contributed by atoms with Crippen LogP contribution >= 0.6 is 0 Å². The number of amides is 1. The molecular formula is C23H26N2O5. The highest BCUT2D eigenvalue weighted by Gasteiger charge is 2.21. The van der Waals surface area contributed by atoms with Crippen LogP contribution in [0.5, 0.6) is 5.75 Å². The number of primary amides is 1. The number of carbonyl (C=O) groups excluding carboxylic acids is 2. The van der Waals surface area contributed by atoms with Gasteiger partial charge in [0, 0.05) is 17.6 Å². The van der Waals surface area contributed by atoms with Crippen molar-refractivity contribution < 1.29 is 24.2 Å². The van der Waals surface area contributed by atoms with Crippen LogP contribution in [-0.2, 0) is 20.9 Å². The zero-order valence-electron chi connectivity index (χ0n) is 17.3. The summed E-state index contributed by atoms with van der Waals surface area (Å²) < 4.78 is 8.08. The Labute approximate surface area is 175 Å². The number of carbonyl (C=O) groups is 3. The van der Waals surface area contributed by atoms with Crippen LogP contribution in [0.3, 0.4) is 0 Å². The van der Waals surface area contributed by atoms with Crippen molar-refractivity contribution in [3.63, 3.8) is 0 Å². The second-order valence-electron chi connectivity index (χ2n) is 6.81. The SMILES string of the molecule is CCC(Oc1cccc2c1c(C)c(C)n2Cc1ccccc1)C(=O)O.NC(=O)C=O. The predicted molar refractivity (Wildman–Crippen MR) is 115 cm³/mol. The fraction of sp³-hybridized carbons (Fsp3) is 0.261. The summed E-state index contributed by atoms with van der Waals surface area (Å²) in [5, 5.41) is 10.3. The highest BCUT2D eigenvalue weighted by atomic mass is 16.5. The Bertz CT molecular complexity index is 1040. The molecule has 7 nitrogen and oxygen atoms in total. The molecule has 0 saturated heterocycles. The molecule has 30 heavy (non-hydrogen) atoms. The Hall–Kier alpha value is -3.61. The van der Waals surface area contributed by atoms with E-state index in [9.17, 15) is 14.7 Å². The molecule has 7 heteroatoms. The number of ether oxygens (including phenoxy) is 1. The van der Waals surface area contributed by atoms with E-state index in [1.54, 1.807) is 0 Å². The Morgan fingerprint density at radius 3 is 2.30 bits per heavy atom. The highest BCUT2D eigenvalue weighted by molar-refractivity contribution is 6.22. The van der Waals surface area contributed by atoms with E-state index in [1.807, 2.05) is 37.3 Å². The van der Waals surface area contributed by atoms with E-state index in [0.29, 0.717) is 12.2 Å². The molecular weight excluding hydrogens is 384 g/mol. The van der Waals surface area contributed by atoms with Gasteiger partial charge in [0.25, 0.3) is 5.91 Å². The second-order valence-corrected chi connectivity index (χ2v) is 6.81. The summed E-state index contributed by atoms with van der Waals surface area (Å²) in [4.78, 5) is 29.6. The monoisotopic (exact) mass is 410 g/mol. The Kier molecular flexibility index (Phi) is 7.75. The number of aryl methyl sites for hydroxylation is 1. The Morgan fingerprint density at radius 1 is 1.13 bits per heavy atom. The molecule has 0 aliphatic heterocycles. The topological polar surface area (TPSA) is 112 Å². The van der Waals surface area contributed by atoms with Crippen molar-refractivity contribution in [2.45, 2.75) is 39.8 Å². The second kappa shape index (κ2) is 10.2. The maximum absolute atomic E-state index is 11.3. The first-order chi connectivity index (χ1) is 14.3. The third-order valence-corrected chi connectivity index (χ3v) is 4.83. The van der Waals surface area contributed by atoms with Crippen LogP contribution in [0.1, 0.15) is 30.2 Å². The number of carboxylic acid groups (broad SMARTS) is 1. The number of nitrogens with zero attached hydrogens (tertiary/aromatic N) is 1. The molecule has 0 fully saturated rings. The quantitative estimate of drug-likeness (QED) is 0.459. The van der Waals surface area contributed by atoms with Crippen LogP contribution in [0, 0.1) is 13.8 Å². The van der Waals surface area contributed by atoms with Gasteiger partial charge in [0.15, 0.2) is 6.10 Å². The average molecular weight is 410 g/mol. The molecule has 0 bridgehead atoms. The van der Waals surface area contributed by atoms with Gasteiger partial charge in [-0.25, -0.2) is 4.79 Å². The minimum Gasteiger partial charge on any atom is -0.479 e. The van der Waals surface area contributed by atoms with Crippen molar-refractivity contribution in [1.29, 1.82) is 0 Å². The molecule has 0 aliphatic rings. The van der Waals surface area contributed by atoms with Crippen LogP contribution in [-0.4, -0.2) is 33.9 Å². The fourth-order valence-corrected chi connectivity index (χ4v) is 3.21. The summed E-state index contributed by atoms with van der Waals surface area (Å²) in [6, 6.07) is 16.1. The maximum Gasteiger partial charge on any atom is 0.344 e. The molecule has 3 aromatic rings. The van der Waals surface area contributed by atoms with Gasteiger partial charge >= 0.3 is 5.97 Å². The maximum atomic E-state index is 11.3. The first kappa shape index (κ1) is 22.7. The summed E-state index contributed by atoms with van der Waals surface area (Å²) >= 11 is 0. The molecule has 1 aromatic heterocycles. The number of carboxylic acids is 1. The number of nitrogens with two attached hydrogens (primary N) is 1. The molecule has 2 aromatic carbocycles. The van der Waals surface area contributed by atoms with Gasteiger partial charge in [0.05, 0.1) is 5.52 Å². The third kappa shape index (κ3) is 5.26. The molecule has 158 valence electrons. The molecule has 1 amide bonds. The lowest BCUT2D eigenvalue weighted by molar-refractivity contribution is -0.145. The molecule has 3 rings (SSSR count). The van der Waals surface area contributed by atoms with E-state index < -0.39 is 18.0 Å². The Balaban J connectivity index is 0.000000575. The highest BCUT2D eigenvalue weighted by Crippen LogP contribution is 2.34. The number of aliphatic carboxylic acids is 1. The molecule has 0 aliphatic carbocycles. The number of aromatic nitrogens is 1. The summed E-state index contributed by atoms with van der Waals surface area (Å²) in [5.41, 5.74) is 8.87. The van der Waals surface area contributed by atoms with Gasteiger partial charge in [-0.05, 0) is 43.5 Å². The van der Waals surface area contributed by atoms with Crippen molar-refractivity contribution in [2.24, 2.45) is 5.73 Å². The summed E-state index contributed by atoms with van der Waals surface area (Å²) in [5.74, 6) is -1.22. The van der Waals surface area contributed by atoms with Gasteiger partial charge in [-0.15, -0.1) is 0 Å². The summed E-state index contributed by atoms with van der Waals surface area (Å²) in [6.45, 7) is 6.75. The largest absolute Gasteiger partial charge is 0.479 e. The zero-order chi connectivity index (χ0) is 22.3. The molecule has 0 spiro atoms. The van der Waals surface area contributed by atoms with Crippen LogP contribution in [0.2, 0.25) is 0 Å². The minimum absolute atomic E-state index is 0.0556. The van der Waals surface area contributed by atoms with E-state index in [-0.39, 0.29) is 6.29 Å². The predicted octanol–water partition coefficient (Wildman–Crippen LogP) is 3.22. The molecule has 3 N–H and O–H groups in total. The number of rotatable bonds is 7. The minimum atomic E-state index is -0.933. The third-order valence-electron chi connectivity index (χ3n) is 4.83. The molecule has 0 radical (unpaired) electrons. The van der Waals surface area contributed by atoms with Crippen molar-refractivity contribution in [1.82, 2.24) is 4.57 Å².